The van der Waals surface area contributed by atoms with Gasteiger partial charge in [0.2, 0.25) is 18.5 Å². The summed E-state index contributed by atoms with van der Waals surface area (Å²) in [4.78, 5) is 71.7. The molecule has 53 heavy (non-hydrogen) atoms. The summed E-state index contributed by atoms with van der Waals surface area (Å²) in [5.74, 6) is -0.0452. The molecule has 0 aliphatic carbocycles. The minimum atomic E-state index is -5.97. The molecule has 0 aromatic carbocycles. The molecule has 30 heteroatoms. The molecular weight excluding hydrogens is 783 g/mol. The van der Waals surface area contributed by atoms with Crippen molar-refractivity contribution in [3.05, 3.63) is 39.2 Å². The van der Waals surface area contributed by atoms with Crippen LogP contribution in [0.1, 0.15) is 18.3 Å². The van der Waals surface area contributed by atoms with Crippen LogP contribution in [0.5, 0.6) is 0 Å². The summed E-state index contributed by atoms with van der Waals surface area (Å²) in [5.41, 5.74) is 4.35. The Bertz CT molecular complexity index is 2300. The molecule has 27 nitrogen and oxygen atoms in total. The average Bonchev–Trinajstić information content (AvgIpc) is 3.76. The van der Waals surface area contributed by atoms with Gasteiger partial charge in [-0.3, -0.25) is 28.2 Å². The van der Waals surface area contributed by atoms with Crippen molar-refractivity contribution in [1.82, 2.24) is 34.1 Å². The summed E-state index contributed by atoms with van der Waals surface area (Å²) in [6.07, 6.45) is -9.50. The SMILES string of the molecule is COC1[C@@H](COP(=O)(O)OP(=O)(O)OP(=O)(O)OC[C@H]2O[C@@H](n3c[n+](C)c4c(=O)[nH]c(N)nc43)[C@@H](O)C2O)O[C@@H](n2cnc3c(=O)[nH]c(C)nc32)[C@H]1O. The fourth-order valence-corrected chi connectivity index (χ4v) is 9.33. The van der Waals surface area contributed by atoms with Crippen molar-refractivity contribution in [3.8, 4) is 0 Å². The number of phosphoric acid groups is 3. The number of H-pyrrole nitrogens is 2. The lowest BCUT2D eigenvalue weighted by molar-refractivity contribution is -0.646. The Kier molecular flexibility index (Phi) is 10.7. The fourth-order valence-electron chi connectivity index (χ4n) is 5.81. The minimum absolute atomic E-state index is 0.0204. The van der Waals surface area contributed by atoms with E-state index >= 15 is 0 Å². The molecular formula is C23H33N9O18P3+. The average molecular weight is 816 g/mol. The first-order valence-corrected chi connectivity index (χ1v) is 19.5. The lowest BCUT2D eigenvalue weighted by atomic mass is 10.1. The molecule has 10 N–H and O–H groups in total. The molecule has 2 saturated heterocycles. The van der Waals surface area contributed by atoms with Crippen LogP contribution in [0.15, 0.2) is 22.2 Å². The number of rotatable bonds is 13. The van der Waals surface area contributed by atoms with Crippen molar-refractivity contribution < 1.29 is 80.1 Å². The Hall–Kier alpha value is -3.33. The summed E-state index contributed by atoms with van der Waals surface area (Å²) < 4.78 is 75.5. The van der Waals surface area contributed by atoms with Gasteiger partial charge in [0.05, 0.1) is 26.6 Å². The van der Waals surface area contributed by atoms with Crippen LogP contribution >= 0.6 is 23.5 Å². The number of aliphatic hydroxyl groups is 3. The van der Waals surface area contributed by atoms with Crippen LogP contribution in [0.25, 0.3) is 22.3 Å². The molecule has 11 atom stereocenters. The van der Waals surface area contributed by atoms with Crippen LogP contribution in [-0.4, -0.2) is 121 Å². The first kappa shape index (κ1) is 39.4. The lowest BCUT2D eigenvalue weighted by Crippen LogP contribution is -2.35. The summed E-state index contributed by atoms with van der Waals surface area (Å²) in [5, 5.41) is 32.0. The van der Waals surface area contributed by atoms with Crippen LogP contribution in [-0.2, 0) is 52.6 Å². The number of nitrogens with zero attached hydrogens (tertiary/aromatic N) is 6. The second-order valence-corrected chi connectivity index (χ2v) is 16.3. The van der Waals surface area contributed by atoms with E-state index in [1.807, 2.05) is 0 Å². The molecule has 6 heterocycles. The van der Waals surface area contributed by atoms with Crippen molar-refractivity contribution >= 4 is 51.7 Å². The van der Waals surface area contributed by atoms with Crippen molar-refractivity contribution in [2.45, 2.75) is 56.0 Å². The van der Waals surface area contributed by atoms with E-state index < -0.39 is 96.9 Å². The first-order chi connectivity index (χ1) is 24.7. The Balaban J connectivity index is 1.06. The van der Waals surface area contributed by atoms with Gasteiger partial charge < -0.3 is 54.9 Å². The number of phosphoric ester groups is 2. The number of methoxy groups -OCH3 is 1. The standard InChI is InChI=1S/C23H32N9O18P3/c1-8-26-17-11(19(36)27-8)25-6-31(17)22-15(35)16(44-3)10(48-22)5-46-52(40,41)50-53(42,43)49-51(38,39)45-4-9-13(33)14(34)21(47-9)32-7-30(2)12-18(32)28-23(24)29-20(12)37/h6-7,9-10,13-16,21-22,33-35H,4-5H2,1-3H3,(H6-,24,26,27,28,29,36,37,38,39,40,41,42,43)/p+1/t9-,10-,13?,14+,15+,16?,21-,22-/m1/s1. The van der Waals surface area contributed by atoms with Crippen molar-refractivity contribution in [1.29, 1.82) is 0 Å². The van der Waals surface area contributed by atoms with E-state index in [1.165, 1.54) is 36.5 Å². The maximum atomic E-state index is 12.6. The number of hydrogen-bond donors (Lipinski definition) is 9. The van der Waals surface area contributed by atoms with Gasteiger partial charge in [0.25, 0.3) is 16.7 Å². The summed E-state index contributed by atoms with van der Waals surface area (Å²) >= 11 is 0. The number of nitrogen functional groups attached to an aromatic ring is 1. The highest BCUT2D eigenvalue weighted by Crippen LogP contribution is 2.67. The van der Waals surface area contributed by atoms with Gasteiger partial charge in [-0.25, -0.2) is 28.2 Å². The maximum absolute atomic E-state index is 12.6. The van der Waals surface area contributed by atoms with Gasteiger partial charge in [0.1, 0.15) is 42.4 Å². The number of aromatic nitrogens is 8. The van der Waals surface area contributed by atoms with E-state index in [9.17, 15) is 53.3 Å². The van der Waals surface area contributed by atoms with Gasteiger partial charge in [-0.05, 0) is 6.92 Å². The van der Waals surface area contributed by atoms with Gasteiger partial charge in [-0.2, -0.15) is 18.2 Å². The van der Waals surface area contributed by atoms with Crippen LogP contribution in [0, 0.1) is 6.92 Å². The molecule has 0 radical (unpaired) electrons. The Morgan fingerprint density at radius 2 is 1.47 bits per heavy atom. The zero-order valence-corrected chi connectivity index (χ0v) is 30.1. The molecule has 2 aliphatic heterocycles. The van der Waals surface area contributed by atoms with E-state index in [-0.39, 0.29) is 34.1 Å². The molecule has 4 aromatic heterocycles. The molecule has 5 unspecified atom stereocenters. The highest BCUT2D eigenvalue weighted by atomic mass is 31.3. The molecule has 0 amide bonds. The molecule has 6 rings (SSSR count). The smallest absolute Gasteiger partial charge is 0.387 e. The lowest BCUT2D eigenvalue weighted by Gasteiger charge is -2.21. The molecule has 0 saturated carbocycles. The van der Waals surface area contributed by atoms with E-state index in [2.05, 4.69) is 38.1 Å². The van der Waals surface area contributed by atoms with Crippen LogP contribution < -0.4 is 21.4 Å². The predicted octanol–water partition coefficient (Wildman–Crippen LogP) is -3.17. The topological polar surface area (TPSA) is 381 Å². The zero-order chi connectivity index (χ0) is 38.8. The van der Waals surface area contributed by atoms with Crippen molar-refractivity contribution in [2.75, 3.05) is 26.1 Å². The number of fused-ring (bicyclic) bond motifs is 2. The number of hydrogen-bond acceptors (Lipinski definition) is 19. The van der Waals surface area contributed by atoms with Crippen molar-refractivity contribution in [3.63, 3.8) is 0 Å². The summed E-state index contributed by atoms with van der Waals surface area (Å²) in [6, 6.07) is 0. The number of imidazole rings is 2. The highest BCUT2D eigenvalue weighted by molar-refractivity contribution is 7.66. The van der Waals surface area contributed by atoms with Gasteiger partial charge in [0.15, 0.2) is 17.4 Å². The molecule has 2 fully saturated rings. The Morgan fingerprint density at radius 3 is 2.11 bits per heavy atom. The monoisotopic (exact) mass is 816 g/mol. The molecule has 0 bridgehead atoms. The van der Waals surface area contributed by atoms with Gasteiger partial charge in [0, 0.05) is 7.11 Å². The van der Waals surface area contributed by atoms with E-state index in [4.69, 9.17) is 24.5 Å². The van der Waals surface area contributed by atoms with Gasteiger partial charge in [-0.15, -0.1) is 0 Å². The van der Waals surface area contributed by atoms with Gasteiger partial charge >= 0.3 is 29.0 Å². The fraction of sp³-hybridized carbons (Fsp3) is 0.565. The second kappa shape index (κ2) is 14.4. The number of aromatic amines is 2. The normalized spacial score (nSPS) is 29.8. The largest absolute Gasteiger partial charge is 0.490 e. The third-order valence-electron chi connectivity index (χ3n) is 8.02. The van der Waals surface area contributed by atoms with Crippen LogP contribution in [0.4, 0.5) is 5.95 Å². The highest BCUT2D eigenvalue weighted by Gasteiger charge is 2.51. The zero-order valence-electron chi connectivity index (χ0n) is 27.4. The maximum Gasteiger partial charge on any atom is 0.490 e. The number of ether oxygens (including phenoxy) is 3. The quantitative estimate of drug-likeness (QED) is 0.0475. The van der Waals surface area contributed by atoms with E-state index in [0.717, 1.165) is 10.9 Å². The molecule has 292 valence electrons. The van der Waals surface area contributed by atoms with E-state index in [0.29, 0.717) is 0 Å². The summed E-state index contributed by atoms with van der Waals surface area (Å²) in [6.45, 7) is -0.488. The van der Waals surface area contributed by atoms with Crippen LogP contribution in [0.3, 0.4) is 0 Å². The third-order valence-corrected chi connectivity index (χ3v) is 12.3. The van der Waals surface area contributed by atoms with Gasteiger partial charge in [-0.1, -0.05) is 0 Å². The second-order valence-electron chi connectivity index (χ2n) is 11.7. The van der Waals surface area contributed by atoms with E-state index in [1.54, 1.807) is 0 Å². The minimum Gasteiger partial charge on any atom is -0.387 e. The number of aryl methyl sites for hydroxylation is 2. The first-order valence-electron chi connectivity index (χ1n) is 15.0. The van der Waals surface area contributed by atoms with Crippen LogP contribution in [0.2, 0.25) is 0 Å². The Labute approximate surface area is 294 Å². The number of nitrogens with one attached hydrogen (secondary N) is 2. The number of anilines is 1. The Morgan fingerprint density at radius 1 is 0.868 bits per heavy atom. The molecule has 4 aromatic rings. The van der Waals surface area contributed by atoms with Crippen molar-refractivity contribution in [2.24, 2.45) is 7.05 Å². The molecule has 0 spiro atoms. The summed E-state index contributed by atoms with van der Waals surface area (Å²) in [7, 11) is -14.6. The number of nitrogens with two attached hydrogens (primary N) is 1. The predicted molar refractivity (Wildman–Crippen MR) is 169 cm³/mol. The molecule has 2 aliphatic rings. The number of aliphatic hydroxyl groups excluding tert-OH is 3. The third kappa shape index (κ3) is 7.92.